The summed E-state index contributed by atoms with van der Waals surface area (Å²) in [6.07, 6.45) is 6.52. The number of hydrogen-bond acceptors (Lipinski definition) is 4. The number of rotatable bonds is 7. The van der Waals surface area contributed by atoms with Gasteiger partial charge in [-0.3, -0.25) is 0 Å². The Morgan fingerprint density at radius 3 is 2.26 bits per heavy atom. The van der Waals surface area contributed by atoms with Crippen molar-refractivity contribution < 1.29 is 14.0 Å². The van der Waals surface area contributed by atoms with Crippen LogP contribution in [0, 0.1) is 0 Å². The average molecular weight is 319 g/mol. The van der Waals surface area contributed by atoms with E-state index in [0.29, 0.717) is 5.88 Å². The third kappa shape index (κ3) is 4.07. The van der Waals surface area contributed by atoms with Gasteiger partial charge in [0.05, 0.1) is 18.3 Å². The Kier molecular flexibility index (Phi) is 5.74. The van der Waals surface area contributed by atoms with Crippen LogP contribution in [0.4, 0.5) is 0 Å². The number of aromatic nitrogens is 1. The fraction of sp³-hybridized carbons (Fsp3) is 0.722. The van der Waals surface area contributed by atoms with Gasteiger partial charge in [0, 0.05) is 18.1 Å². The predicted molar refractivity (Wildman–Crippen MR) is 93.8 cm³/mol. The summed E-state index contributed by atoms with van der Waals surface area (Å²) in [5.41, 5.74) is 0.543. The molecule has 0 aromatic carbocycles. The van der Waals surface area contributed by atoms with E-state index < -0.39 is 0 Å². The first-order valence-electron chi connectivity index (χ1n) is 8.66. The van der Waals surface area contributed by atoms with Crippen molar-refractivity contribution in [3.05, 3.63) is 23.9 Å². The SMILES string of the molecule is CCCCC[C@@H](B1OC(C)(C)C(C)(C)O1)c1ccc(OC)nc1. The van der Waals surface area contributed by atoms with Crippen molar-refractivity contribution in [2.75, 3.05) is 7.11 Å². The van der Waals surface area contributed by atoms with E-state index in [4.69, 9.17) is 14.0 Å². The van der Waals surface area contributed by atoms with E-state index in [2.05, 4.69) is 45.7 Å². The van der Waals surface area contributed by atoms with Gasteiger partial charge in [0.25, 0.3) is 0 Å². The Labute approximate surface area is 141 Å². The Hall–Kier alpha value is -1.07. The Bertz CT molecular complexity index is 485. The van der Waals surface area contributed by atoms with Crippen LogP contribution in [0.1, 0.15) is 71.7 Å². The lowest BCUT2D eigenvalue weighted by Crippen LogP contribution is -2.41. The first-order valence-corrected chi connectivity index (χ1v) is 8.66. The summed E-state index contributed by atoms with van der Waals surface area (Å²) in [5, 5.41) is 0. The van der Waals surface area contributed by atoms with E-state index in [1.165, 1.54) is 12.8 Å². The number of nitrogens with zero attached hydrogens (tertiary/aromatic N) is 1. The summed E-state index contributed by atoms with van der Waals surface area (Å²) in [5.74, 6) is 0.830. The molecule has 23 heavy (non-hydrogen) atoms. The van der Waals surface area contributed by atoms with E-state index in [1.54, 1.807) is 7.11 Å². The molecular weight excluding hydrogens is 289 g/mol. The smallest absolute Gasteiger partial charge is 0.465 e. The molecule has 1 aromatic heterocycles. The molecule has 4 nitrogen and oxygen atoms in total. The molecule has 0 N–H and O–H groups in total. The molecule has 1 saturated heterocycles. The van der Waals surface area contributed by atoms with Crippen LogP contribution in [-0.2, 0) is 9.31 Å². The molecule has 128 valence electrons. The zero-order chi connectivity index (χ0) is 17.1. The second kappa shape index (κ2) is 7.22. The van der Waals surface area contributed by atoms with Gasteiger partial charge in [0.2, 0.25) is 5.88 Å². The van der Waals surface area contributed by atoms with E-state index in [9.17, 15) is 0 Å². The number of unbranched alkanes of at least 4 members (excludes halogenated alkanes) is 2. The highest BCUT2D eigenvalue weighted by atomic mass is 16.7. The number of hydrogen-bond donors (Lipinski definition) is 0. The average Bonchev–Trinajstić information content (AvgIpc) is 2.72. The second-order valence-corrected chi connectivity index (χ2v) is 7.36. The lowest BCUT2D eigenvalue weighted by atomic mass is 9.66. The van der Waals surface area contributed by atoms with Gasteiger partial charge in [-0.25, -0.2) is 4.98 Å². The minimum atomic E-state index is -0.305. The molecule has 1 atom stereocenters. The largest absolute Gasteiger partial charge is 0.481 e. The fourth-order valence-corrected chi connectivity index (χ4v) is 2.86. The van der Waals surface area contributed by atoms with Crippen LogP contribution in [0.25, 0.3) is 0 Å². The monoisotopic (exact) mass is 319 g/mol. The van der Waals surface area contributed by atoms with Crippen molar-refractivity contribution in [3.63, 3.8) is 0 Å². The summed E-state index contributed by atoms with van der Waals surface area (Å²) >= 11 is 0. The van der Waals surface area contributed by atoms with Crippen LogP contribution in [0.3, 0.4) is 0 Å². The van der Waals surface area contributed by atoms with E-state index >= 15 is 0 Å². The molecule has 2 heterocycles. The standard InChI is InChI=1S/C18H30BNO3/c1-7-8-9-10-15(14-11-12-16(21-6)20-13-14)19-22-17(2,3)18(4,5)23-19/h11-13,15H,7-10H2,1-6H3/t15-/m1/s1. The maximum atomic E-state index is 6.29. The van der Waals surface area contributed by atoms with Crippen molar-refractivity contribution in [2.45, 2.75) is 77.3 Å². The molecule has 1 aliphatic rings. The first-order chi connectivity index (χ1) is 10.8. The molecule has 1 fully saturated rings. The van der Waals surface area contributed by atoms with Crippen LogP contribution >= 0.6 is 0 Å². The lowest BCUT2D eigenvalue weighted by Gasteiger charge is -2.32. The summed E-state index contributed by atoms with van der Waals surface area (Å²) in [7, 11) is 1.40. The Morgan fingerprint density at radius 2 is 1.78 bits per heavy atom. The van der Waals surface area contributed by atoms with Gasteiger partial charge in [-0.1, -0.05) is 32.3 Å². The molecule has 0 unspecified atom stereocenters. The van der Waals surface area contributed by atoms with E-state index in [1.807, 2.05) is 12.3 Å². The lowest BCUT2D eigenvalue weighted by molar-refractivity contribution is 0.00578. The zero-order valence-electron chi connectivity index (χ0n) is 15.4. The molecule has 0 amide bonds. The maximum absolute atomic E-state index is 6.29. The molecule has 0 aliphatic carbocycles. The zero-order valence-corrected chi connectivity index (χ0v) is 15.4. The molecule has 5 heteroatoms. The quantitative estimate of drug-likeness (QED) is 0.552. The molecule has 1 aliphatic heterocycles. The molecule has 2 rings (SSSR count). The third-order valence-electron chi connectivity index (χ3n) is 5.12. The molecule has 0 bridgehead atoms. The van der Waals surface area contributed by atoms with Crippen molar-refractivity contribution in [3.8, 4) is 5.88 Å². The summed E-state index contributed by atoms with van der Waals surface area (Å²) in [6.45, 7) is 10.6. The van der Waals surface area contributed by atoms with Crippen LogP contribution in [0.2, 0.25) is 0 Å². The van der Waals surface area contributed by atoms with Crippen LogP contribution < -0.4 is 4.74 Å². The van der Waals surface area contributed by atoms with Crippen molar-refractivity contribution in [1.29, 1.82) is 0 Å². The van der Waals surface area contributed by atoms with Crippen molar-refractivity contribution in [2.24, 2.45) is 0 Å². The van der Waals surface area contributed by atoms with Gasteiger partial charge in [0.1, 0.15) is 0 Å². The van der Waals surface area contributed by atoms with E-state index in [0.717, 1.165) is 18.4 Å². The van der Waals surface area contributed by atoms with Gasteiger partial charge >= 0.3 is 7.12 Å². The molecule has 0 radical (unpaired) electrons. The second-order valence-electron chi connectivity index (χ2n) is 7.36. The van der Waals surface area contributed by atoms with Crippen LogP contribution in [-0.4, -0.2) is 30.4 Å². The number of methoxy groups -OCH3 is 1. The molecule has 1 aromatic rings. The highest BCUT2D eigenvalue weighted by Crippen LogP contribution is 2.42. The van der Waals surface area contributed by atoms with Crippen LogP contribution in [0.15, 0.2) is 18.3 Å². The highest BCUT2D eigenvalue weighted by Gasteiger charge is 2.53. The number of pyridine rings is 1. The predicted octanol–water partition coefficient (Wildman–Crippen LogP) is 4.39. The fourth-order valence-electron chi connectivity index (χ4n) is 2.86. The Morgan fingerprint density at radius 1 is 1.13 bits per heavy atom. The summed E-state index contributed by atoms with van der Waals surface area (Å²) in [4.78, 5) is 4.36. The maximum Gasteiger partial charge on any atom is 0.465 e. The van der Waals surface area contributed by atoms with Crippen molar-refractivity contribution >= 4 is 7.12 Å². The summed E-state index contributed by atoms with van der Waals surface area (Å²) in [6, 6.07) is 3.99. The van der Waals surface area contributed by atoms with Gasteiger partial charge in [-0.15, -0.1) is 0 Å². The Balaban J connectivity index is 2.20. The minimum absolute atomic E-state index is 0.195. The van der Waals surface area contributed by atoms with Gasteiger partial charge < -0.3 is 14.0 Å². The van der Waals surface area contributed by atoms with Crippen LogP contribution in [0.5, 0.6) is 5.88 Å². The highest BCUT2D eigenvalue weighted by molar-refractivity contribution is 6.47. The van der Waals surface area contributed by atoms with Gasteiger partial charge in [-0.2, -0.15) is 0 Å². The van der Waals surface area contributed by atoms with Crippen molar-refractivity contribution in [1.82, 2.24) is 4.98 Å². The normalized spacial score (nSPS) is 20.5. The van der Waals surface area contributed by atoms with Gasteiger partial charge in [-0.05, 0) is 39.7 Å². The molecular formula is C18H30BNO3. The molecule has 0 saturated carbocycles. The third-order valence-corrected chi connectivity index (χ3v) is 5.12. The topological polar surface area (TPSA) is 40.6 Å². The first kappa shape index (κ1) is 18.3. The summed E-state index contributed by atoms with van der Waals surface area (Å²) < 4.78 is 17.7. The molecule has 0 spiro atoms. The minimum Gasteiger partial charge on any atom is -0.481 e. The number of ether oxygens (including phenoxy) is 1. The van der Waals surface area contributed by atoms with Gasteiger partial charge in [0.15, 0.2) is 0 Å². The van der Waals surface area contributed by atoms with E-state index in [-0.39, 0.29) is 24.1 Å².